The van der Waals surface area contributed by atoms with Crippen LogP contribution in [0.25, 0.3) is 0 Å². The highest BCUT2D eigenvalue weighted by molar-refractivity contribution is 5.92. The summed E-state index contributed by atoms with van der Waals surface area (Å²) in [5.41, 5.74) is 0.463. The number of aromatic nitrogens is 2. The van der Waals surface area contributed by atoms with Crippen LogP contribution in [0.4, 0.5) is 4.79 Å². The van der Waals surface area contributed by atoms with Crippen LogP contribution >= 0.6 is 0 Å². The maximum Gasteiger partial charge on any atom is 0.410 e. The molecular weight excluding hydrogens is 326 g/mol. The van der Waals surface area contributed by atoms with Gasteiger partial charge in [0.05, 0.1) is 25.8 Å². The van der Waals surface area contributed by atoms with Crippen LogP contribution in [0, 0.1) is 0 Å². The van der Waals surface area contributed by atoms with E-state index in [1.54, 1.807) is 22.1 Å². The van der Waals surface area contributed by atoms with Crippen molar-refractivity contribution in [3.8, 4) is 0 Å². The predicted molar refractivity (Wildman–Crippen MR) is 87.1 cm³/mol. The van der Waals surface area contributed by atoms with Crippen molar-refractivity contribution in [2.45, 2.75) is 18.6 Å². The Morgan fingerprint density at radius 2 is 2.12 bits per heavy atom. The number of amides is 2. The summed E-state index contributed by atoms with van der Waals surface area (Å²) in [5, 5.41) is 6.51. The molecule has 3 aliphatic heterocycles. The van der Waals surface area contributed by atoms with Crippen molar-refractivity contribution in [3.05, 3.63) is 18.0 Å². The highest BCUT2D eigenvalue weighted by atomic mass is 16.6. The van der Waals surface area contributed by atoms with Crippen LogP contribution in [0.3, 0.4) is 0 Å². The van der Waals surface area contributed by atoms with Gasteiger partial charge in [-0.15, -0.1) is 0 Å². The van der Waals surface area contributed by atoms with Crippen molar-refractivity contribution in [2.75, 3.05) is 52.5 Å². The zero-order valence-corrected chi connectivity index (χ0v) is 14.1. The van der Waals surface area contributed by atoms with Gasteiger partial charge >= 0.3 is 6.09 Å². The second-order valence-corrected chi connectivity index (χ2v) is 6.67. The molecule has 9 heteroatoms. The molecule has 25 heavy (non-hydrogen) atoms. The molecule has 0 radical (unpaired) electrons. The zero-order valence-electron chi connectivity index (χ0n) is 14.1. The van der Waals surface area contributed by atoms with Gasteiger partial charge < -0.3 is 14.4 Å². The summed E-state index contributed by atoms with van der Waals surface area (Å²) in [5.74, 6) is -0.101. The van der Waals surface area contributed by atoms with Gasteiger partial charge in [-0.1, -0.05) is 0 Å². The van der Waals surface area contributed by atoms with E-state index in [1.807, 2.05) is 0 Å². The predicted octanol–water partition coefficient (Wildman–Crippen LogP) is -0.223. The van der Waals surface area contributed by atoms with Crippen molar-refractivity contribution in [3.63, 3.8) is 0 Å². The van der Waals surface area contributed by atoms with Crippen molar-refractivity contribution < 1.29 is 19.1 Å². The number of aromatic amines is 1. The maximum absolute atomic E-state index is 12.4. The first-order valence-electron chi connectivity index (χ1n) is 8.78. The molecule has 3 saturated heterocycles. The molecule has 4 rings (SSSR count). The molecule has 0 aromatic carbocycles. The van der Waals surface area contributed by atoms with Gasteiger partial charge in [0.1, 0.15) is 11.8 Å². The van der Waals surface area contributed by atoms with E-state index in [0.717, 1.165) is 39.3 Å². The van der Waals surface area contributed by atoms with Gasteiger partial charge in [-0.05, 0) is 12.5 Å². The molecule has 2 atom stereocenters. The molecule has 9 nitrogen and oxygen atoms in total. The minimum absolute atomic E-state index is 0.0518. The fraction of sp³-hybridized carbons (Fsp3) is 0.688. The summed E-state index contributed by atoms with van der Waals surface area (Å²) in [6.45, 7) is 6.00. The number of carbonyl (C=O) groups is 2. The first-order chi connectivity index (χ1) is 12.2. The van der Waals surface area contributed by atoms with Crippen LogP contribution in [0.2, 0.25) is 0 Å². The number of carbonyl (C=O) groups excluding carboxylic acids is 2. The number of likely N-dealkylation sites (tertiary alicyclic amines) is 1. The summed E-state index contributed by atoms with van der Waals surface area (Å²) in [4.78, 5) is 30.4. The number of morpholine rings is 1. The minimum Gasteiger partial charge on any atom is -0.442 e. The van der Waals surface area contributed by atoms with Crippen LogP contribution in [0.1, 0.15) is 16.9 Å². The van der Waals surface area contributed by atoms with Crippen molar-refractivity contribution in [2.24, 2.45) is 0 Å². The van der Waals surface area contributed by atoms with Gasteiger partial charge in [0, 0.05) is 38.9 Å². The molecule has 0 saturated carbocycles. The molecule has 1 aromatic rings. The molecule has 4 heterocycles. The van der Waals surface area contributed by atoms with Crippen molar-refractivity contribution >= 4 is 12.0 Å². The quantitative estimate of drug-likeness (QED) is 0.790. The molecule has 3 fully saturated rings. The average molecular weight is 349 g/mol. The lowest BCUT2D eigenvalue weighted by Gasteiger charge is -2.28. The Morgan fingerprint density at radius 1 is 1.28 bits per heavy atom. The largest absolute Gasteiger partial charge is 0.442 e. The van der Waals surface area contributed by atoms with E-state index in [9.17, 15) is 9.59 Å². The number of fused-ring (bicyclic) bond motifs is 1. The maximum atomic E-state index is 12.4. The van der Waals surface area contributed by atoms with Crippen molar-refractivity contribution in [1.29, 1.82) is 0 Å². The lowest BCUT2D eigenvalue weighted by molar-refractivity contribution is 0.0362. The molecule has 1 N–H and O–H groups in total. The third kappa shape index (κ3) is 3.34. The van der Waals surface area contributed by atoms with Crippen LogP contribution in [-0.2, 0) is 9.47 Å². The zero-order chi connectivity index (χ0) is 17.2. The number of nitrogens with zero attached hydrogens (tertiary/aromatic N) is 4. The summed E-state index contributed by atoms with van der Waals surface area (Å²) >= 11 is 0. The summed E-state index contributed by atoms with van der Waals surface area (Å²) in [6.07, 6.45) is 1.96. The van der Waals surface area contributed by atoms with Gasteiger partial charge in [-0.25, -0.2) is 4.79 Å². The number of hydrogen-bond donors (Lipinski definition) is 1. The molecule has 3 aliphatic rings. The number of H-pyrrole nitrogens is 1. The Bertz CT molecular complexity index is 616. The molecule has 2 amide bonds. The lowest BCUT2D eigenvalue weighted by Crippen LogP contribution is -2.42. The van der Waals surface area contributed by atoms with Crippen LogP contribution in [0.15, 0.2) is 12.3 Å². The SMILES string of the molecule is O=C(c1ccn[nH]1)N1C[C@H]2OC(=O)N(CCCN3CCOCC3)[C@H]2C1. The fourth-order valence-corrected chi connectivity index (χ4v) is 3.76. The Morgan fingerprint density at radius 3 is 2.88 bits per heavy atom. The first-order valence-corrected chi connectivity index (χ1v) is 8.78. The van der Waals surface area contributed by atoms with E-state index >= 15 is 0 Å². The molecular formula is C16H23N5O4. The van der Waals surface area contributed by atoms with Crippen LogP contribution < -0.4 is 0 Å². The van der Waals surface area contributed by atoms with E-state index in [-0.39, 0.29) is 24.1 Å². The second-order valence-electron chi connectivity index (χ2n) is 6.67. The van der Waals surface area contributed by atoms with Gasteiger partial charge in [-0.3, -0.25) is 19.7 Å². The molecule has 0 aliphatic carbocycles. The first kappa shape index (κ1) is 16.3. The Balaban J connectivity index is 1.31. The Hall–Kier alpha value is -2.13. The second kappa shape index (κ2) is 7.01. The third-order valence-corrected chi connectivity index (χ3v) is 5.12. The molecule has 136 valence electrons. The standard InChI is InChI=1S/C16H23N5O4/c22-15(12-2-3-17-18-12)20-10-13-14(11-20)25-16(23)21(13)5-1-4-19-6-8-24-9-7-19/h2-3,13-14H,1,4-11H2,(H,17,18)/t13-,14+/m0/s1. The Labute approximate surface area is 145 Å². The third-order valence-electron chi connectivity index (χ3n) is 5.12. The Kier molecular flexibility index (Phi) is 4.58. The summed E-state index contributed by atoms with van der Waals surface area (Å²) < 4.78 is 10.8. The minimum atomic E-state index is -0.259. The van der Waals surface area contributed by atoms with Gasteiger partial charge in [0.15, 0.2) is 0 Å². The fourth-order valence-electron chi connectivity index (χ4n) is 3.76. The normalized spacial score (nSPS) is 26.8. The van der Waals surface area contributed by atoms with E-state index in [0.29, 0.717) is 25.3 Å². The topological polar surface area (TPSA) is 91.0 Å². The molecule has 0 bridgehead atoms. The van der Waals surface area contributed by atoms with E-state index in [4.69, 9.17) is 9.47 Å². The van der Waals surface area contributed by atoms with Crippen molar-refractivity contribution in [1.82, 2.24) is 24.9 Å². The smallest absolute Gasteiger partial charge is 0.410 e. The van der Waals surface area contributed by atoms with Crippen LogP contribution in [-0.4, -0.2) is 102 Å². The average Bonchev–Trinajstić information content (AvgIpc) is 3.33. The van der Waals surface area contributed by atoms with Gasteiger partial charge in [0.25, 0.3) is 5.91 Å². The molecule has 0 unspecified atom stereocenters. The van der Waals surface area contributed by atoms with Crippen LogP contribution in [0.5, 0.6) is 0 Å². The monoisotopic (exact) mass is 349 g/mol. The number of ether oxygens (including phenoxy) is 2. The summed E-state index contributed by atoms with van der Waals surface area (Å²) in [6, 6.07) is 1.60. The van der Waals surface area contributed by atoms with E-state index < -0.39 is 0 Å². The highest BCUT2D eigenvalue weighted by Gasteiger charge is 2.48. The lowest BCUT2D eigenvalue weighted by atomic mass is 10.2. The van der Waals surface area contributed by atoms with E-state index in [1.165, 1.54) is 0 Å². The molecule has 1 aromatic heterocycles. The highest BCUT2D eigenvalue weighted by Crippen LogP contribution is 2.27. The number of rotatable bonds is 5. The van der Waals surface area contributed by atoms with Gasteiger partial charge in [-0.2, -0.15) is 5.10 Å². The number of hydrogen-bond acceptors (Lipinski definition) is 6. The number of nitrogens with one attached hydrogen (secondary N) is 1. The molecule has 0 spiro atoms. The summed E-state index contributed by atoms with van der Waals surface area (Å²) in [7, 11) is 0. The van der Waals surface area contributed by atoms with Gasteiger partial charge in [0.2, 0.25) is 0 Å². The van der Waals surface area contributed by atoms with E-state index in [2.05, 4.69) is 15.1 Å².